The van der Waals surface area contributed by atoms with Crippen LogP contribution < -0.4 is 16.0 Å². The van der Waals surface area contributed by atoms with Crippen molar-refractivity contribution in [2.75, 3.05) is 0 Å². The third kappa shape index (κ3) is 3.24. The summed E-state index contributed by atoms with van der Waals surface area (Å²) < 4.78 is 2.00. The lowest BCUT2D eigenvalue weighted by Gasteiger charge is -2.34. The molecule has 0 unspecified atom stereocenters. The number of aromatic nitrogens is 2. The summed E-state index contributed by atoms with van der Waals surface area (Å²) in [5.41, 5.74) is 1.63. The number of aryl methyl sites for hydroxylation is 2. The second-order valence-electron chi connectivity index (χ2n) is 6.65. The lowest BCUT2D eigenvalue weighted by Crippen LogP contribution is -2.52. The summed E-state index contributed by atoms with van der Waals surface area (Å²) >= 11 is 0. The van der Waals surface area contributed by atoms with E-state index in [0.717, 1.165) is 38.0 Å². The lowest BCUT2D eigenvalue weighted by molar-refractivity contribution is -0.125. The zero-order valence-corrected chi connectivity index (χ0v) is 13.8. The number of hydrogen-bond acceptors (Lipinski definition) is 4. The minimum atomic E-state index is -0.669. The van der Waals surface area contributed by atoms with E-state index in [0.29, 0.717) is 18.9 Å². The van der Waals surface area contributed by atoms with Crippen molar-refractivity contribution in [2.24, 2.45) is 0 Å². The standard InChI is InChI=1S/C16H25N5O2/c1-3-8-21-10-12(11(2)20-21)9-17-13-4-6-16(7-5-13)14(22)18-15(23)19-16/h10,13,17H,3-9H2,1-2H3,(H2,18,19,22,23). The highest BCUT2D eigenvalue weighted by Gasteiger charge is 2.47. The van der Waals surface area contributed by atoms with E-state index in [9.17, 15) is 9.59 Å². The molecule has 2 heterocycles. The van der Waals surface area contributed by atoms with Crippen LogP contribution in [0, 0.1) is 6.92 Å². The molecule has 126 valence electrons. The van der Waals surface area contributed by atoms with Crippen LogP contribution in [0.5, 0.6) is 0 Å². The van der Waals surface area contributed by atoms with Crippen LogP contribution in [0.1, 0.15) is 50.3 Å². The van der Waals surface area contributed by atoms with Gasteiger partial charge in [-0.2, -0.15) is 5.10 Å². The first-order chi connectivity index (χ1) is 11.0. The first kappa shape index (κ1) is 16.0. The average molecular weight is 319 g/mol. The second kappa shape index (κ2) is 6.31. The van der Waals surface area contributed by atoms with Gasteiger partial charge in [-0.1, -0.05) is 6.92 Å². The Bertz CT molecular complexity index is 602. The number of imide groups is 1. The van der Waals surface area contributed by atoms with Gasteiger partial charge in [0.05, 0.1) is 5.69 Å². The largest absolute Gasteiger partial charge is 0.323 e. The molecule has 7 nitrogen and oxygen atoms in total. The Hall–Kier alpha value is -1.89. The Kier molecular flexibility index (Phi) is 4.39. The van der Waals surface area contributed by atoms with E-state index in [2.05, 4.69) is 34.2 Å². The summed E-state index contributed by atoms with van der Waals surface area (Å²) in [6.45, 7) is 5.93. The van der Waals surface area contributed by atoms with Gasteiger partial charge >= 0.3 is 6.03 Å². The quantitative estimate of drug-likeness (QED) is 0.712. The van der Waals surface area contributed by atoms with Crippen LogP contribution in [0.2, 0.25) is 0 Å². The maximum absolute atomic E-state index is 11.9. The Morgan fingerprint density at radius 1 is 1.39 bits per heavy atom. The summed E-state index contributed by atoms with van der Waals surface area (Å²) in [7, 11) is 0. The summed E-state index contributed by atoms with van der Waals surface area (Å²) in [6.07, 6.45) is 6.34. The topological polar surface area (TPSA) is 88.0 Å². The molecule has 0 atom stereocenters. The zero-order chi connectivity index (χ0) is 16.4. The number of carbonyl (C=O) groups excluding carboxylic acids is 2. The molecule has 3 amide bonds. The molecular weight excluding hydrogens is 294 g/mol. The van der Waals surface area contributed by atoms with Crippen LogP contribution in [0.3, 0.4) is 0 Å². The highest BCUT2D eigenvalue weighted by Crippen LogP contribution is 2.31. The van der Waals surface area contributed by atoms with Gasteiger partial charge in [-0.05, 0) is 39.0 Å². The number of nitrogens with zero attached hydrogens (tertiary/aromatic N) is 2. The predicted octanol–water partition coefficient (Wildman–Crippen LogP) is 1.21. The van der Waals surface area contributed by atoms with Crippen LogP contribution in [0.25, 0.3) is 0 Å². The SMILES string of the molecule is CCCn1cc(CNC2CCC3(CC2)NC(=O)NC3=O)c(C)n1. The highest BCUT2D eigenvalue weighted by molar-refractivity contribution is 6.07. The Balaban J connectivity index is 1.51. The van der Waals surface area contributed by atoms with Crippen molar-refractivity contribution in [1.29, 1.82) is 0 Å². The van der Waals surface area contributed by atoms with Crippen molar-refractivity contribution in [3.8, 4) is 0 Å². The van der Waals surface area contributed by atoms with E-state index in [4.69, 9.17) is 0 Å². The van der Waals surface area contributed by atoms with Crippen molar-refractivity contribution in [1.82, 2.24) is 25.7 Å². The molecule has 1 aliphatic heterocycles. The van der Waals surface area contributed by atoms with Crippen LogP contribution >= 0.6 is 0 Å². The molecule has 1 aromatic heterocycles. The maximum Gasteiger partial charge on any atom is 0.322 e. The van der Waals surface area contributed by atoms with Gasteiger partial charge in [-0.25, -0.2) is 4.79 Å². The summed E-state index contributed by atoms with van der Waals surface area (Å²) in [5, 5.41) is 13.2. The second-order valence-corrected chi connectivity index (χ2v) is 6.65. The fourth-order valence-corrected chi connectivity index (χ4v) is 3.53. The summed E-state index contributed by atoms with van der Waals surface area (Å²) in [4.78, 5) is 23.3. The first-order valence-electron chi connectivity index (χ1n) is 8.42. The van der Waals surface area contributed by atoms with Gasteiger partial charge in [0.2, 0.25) is 0 Å². The molecular formula is C16H25N5O2. The number of urea groups is 1. The smallest absolute Gasteiger partial charge is 0.322 e. The number of carbonyl (C=O) groups is 2. The molecule has 3 N–H and O–H groups in total. The van der Waals surface area contributed by atoms with E-state index in [-0.39, 0.29) is 11.9 Å². The van der Waals surface area contributed by atoms with Crippen molar-refractivity contribution in [2.45, 2.75) is 70.6 Å². The van der Waals surface area contributed by atoms with Crippen molar-refractivity contribution >= 4 is 11.9 Å². The van der Waals surface area contributed by atoms with Gasteiger partial charge in [0.25, 0.3) is 5.91 Å². The maximum atomic E-state index is 11.9. The third-order valence-corrected chi connectivity index (χ3v) is 4.94. The van der Waals surface area contributed by atoms with Crippen LogP contribution in [-0.4, -0.2) is 33.3 Å². The fraction of sp³-hybridized carbons (Fsp3) is 0.688. The molecule has 2 aliphatic rings. The Labute approximate surface area is 136 Å². The normalized spacial score (nSPS) is 27.3. The molecule has 23 heavy (non-hydrogen) atoms. The van der Waals surface area contributed by atoms with Gasteiger partial charge in [0.1, 0.15) is 5.54 Å². The molecule has 1 saturated carbocycles. The molecule has 7 heteroatoms. The van der Waals surface area contributed by atoms with Crippen LogP contribution in [0.4, 0.5) is 4.79 Å². The van der Waals surface area contributed by atoms with Gasteiger partial charge < -0.3 is 10.6 Å². The molecule has 0 aromatic carbocycles. The summed E-state index contributed by atoms with van der Waals surface area (Å²) in [5.74, 6) is -0.169. The van der Waals surface area contributed by atoms with Crippen LogP contribution in [0.15, 0.2) is 6.20 Å². The first-order valence-corrected chi connectivity index (χ1v) is 8.42. The summed E-state index contributed by atoms with van der Waals surface area (Å²) in [6, 6.07) is 0.0141. The average Bonchev–Trinajstić information content (AvgIpc) is 2.99. The molecule has 1 aliphatic carbocycles. The number of rotatable bonds is 5. The molecule has 2 fully saturated rings. The lowest BCUT2D eigenvalue weighted by atomic mass is 9.79. The third-order valence-electron chi connectivity index (χ3n) is 4.94. The van der Waals surface area contributed by atoms with E-state index < -0.39 is 5.54 Å². The molecule has 0 bridgehead atoms. The van der Waals surface area contributed by atoms with E-state index in [1.54, 1.807) is 0 Å². The van der Waals surface area contributed by atoms with Crippen molar-refractivity contribution in [3.63, 3.8) is 0 Å². The molecule has 3 rings (SSSR count). The van der Waals surface area contributed by atoms with Gasteiger partial charge in [-0.3, -0.25) is 14.8 Å². The van der Waals surface area contributed by atoms with Gasteiger partial charge in [0.15, 0.2) is 0 Å². The number of amides is 3. The van der Waals surface area contributed by atoms with Crippen molar-refractivity contribution in [3.05, 3.63) is 17.5 Å². The molecule has 1 aromatic rings. The fourth-order valence-electron chi connectivity index (χ4n) is 3.53. The van der Waals surface area contributed by atoms with E-state index >= 15 is 0 Å². The van der Waals surface area contributed by atoms with E-state index in [1.807, 2.05) is 11.6 Å². The highest BCUT2D eigenvalue weighted by atomic mass is 16.2. The number of hydrogen-bond donors (Lipinski definition) is 3. The van der Waals surface area contributed by atoms with Gasteiger partial charge in [0, 0.05) is 30.9 Å². The van der Waals surface area contributed by atoms with Crippen LogP contribution in [-0.2, 0) is 17.9 Å². The molecule has 1 spiro atoms. The molecule has 1 saturated heterocycles. The van der Waals surface area contributed by atoms with E-state index in [1.165, 1.54) is 5.56 Å². The Morgan fingerprint density at radius 2 is 2.13 bits per heavy atom. The minimum Gasteiger partial charge on any atom is -0.323 e. The minimum absolute atomic E-state index is 0.169. The number of nitrogens with one attached hydrogen (secondary N) is 3. The monoisotopic (exact) mass is 319 g/mol. The zero-order valence-electron chi connectivity index (χ0n) is 13.8. The predicted molar refractivity (Wildman–Crippen MR) is 85.8 cm³/mol. The Morgan fingerprint density at radius 3 is 2.74 bits per heavy atom. The van der Waals surface area contributed by atoms with Crippen molar-refractivity contribution < 1.29 is 9.59 Å². The molecule has 0 radical (unpaired) electrons. The van der Waals surface area contributed by atoms with Gasteiger partial charge in [-0.15, -0.1) is 0 Å².